The van der Waals surface area contributed by atoms with Crippen LogP contribution in [0.2, 0.25) is 0 Å². The minimum absolute atomic E-state index is 0.264. The number of ether oxygens (including phenoxy) is 1. The van der Waals surface area contributed by atoms with E-state index in [9.17, 15) is 4.79 Å². The second kappa shape index (κ2) is 5.00. The van der Waals surface area contributed by atoms with Crippen LogP contribution in [0.1, 0.15) is 32.0 Å². The second-order valence-corrected chi connectivity index (χ2v) is 5.37. The Morgan fingerprint density at radius 3 is 2.89 bits per heavy atom. The number of nitrogens with two attached hydrogens (primary N) is 1. The summed E-state index contributed by atoms with van der Waals surface area (Å²) in [6.07, 6.45) is 1.61. The van der Waals surface area contributed by atoms with Crippen molar-refractivity contribution in [2.24, 2.45) is 0 Å². The Balaban J connectivity index is 1.95. The van der Waals surface area contributed by atoms with E-state index >= 15 is 0 Å². The van der Waals surface area contributed by atoms with E-state index in [1.807, 2.05) is 0 Å². The van der Waals surface area contributed by atoms with Crippen molar-refractivity contribution in [3.05, 3.63) is 17.5 Å². The molecular formula is C12H18N4O3. The van der Waals surface area contributed by atoms with Gasteiger partial charge in [-0.2, -0.15) is 0 Å². The lowest BCUT2D eigenvalue weighted by Gasteiger charge is -2.27. The van der Waals surface area contributed by atoms with Crippen molar-refractivity contribution in [3.63, 3.8) is 0 Å². The first-order valence-electron chi connectivity index (χ1n) is 6.10. The van der Waals surface area contributed by atoms with Gasteiger partial charge in [-0.1, -0.05) is 0 Å². The van der Waals surface area contributed by atoms with Crippen LogP contribution in [0.5, 0.6) is 0 Å². The highest BCUT2D eigenvalue weighted by atomic mass is 16.8. The lowest BCUT2D eigenvalue weighted by atomic mass is 10.1. The van der Waals surface area contributed by atoms with Crippen LogP contribution in [-0.2, 0) is 22.5 Å². The van der Waals surface area contributed by atoms with Crippen molar-refractivity contribution in [1.82, 2.24) is 15.0 Å². The molecule has 7 heteroatoms. The van der Waals surface area contributed by atoms with Gasteiger partial charge in [-0.3, -0.25) is 0 Å². The summed E-state index contributed by atoms with van der Waals surface area (Å²) < 4.78 is 5.09. The normalized spacial score (nSPS) is 15.7. The number of rotatable bonds is 1. The number of anilines is 1. The summed E-state index contributed by atoms with van der Waals surface area (Å²) in [5.41, 5.74) is 6.76. The quantitative estimate of drug-likeness (QED) is 0.766. The van der Waals surface area contributed by atoms with Crippen LogP contribution >= 0.6 is 0 Å². The summed E-state index contributed by atoms with van der Waals surface area (Å²) in [5.74, 6) is 0.264. The first kappa shape index (κ1) is 13.5. The number of hydrogen-bond acceptors (Lipinski definition) is 7. The first-order valence-corrected chi connectivity index (χ1v) is 6.10. The summed E-state index contributed by atoms with van der Waals surface area (Å²) in [4.78, 5) is 24.8. The predicted octanol–water partition coefficient (Wildman–Crippen LogP) is 1.28. The molecule has 0 amide bonds. The minimum atomic E-state index is -0.702. The molecule has 7 nitrogen and oxygen atoms in total. The third-order valence-corrected chi connectivity index (χ3v) is 2.51. The molecule has 1 aromatic rings. The van der Waals surface area contributed by atoms with Gasteiger partial charge in [0.2, 0.25) is 5.95 Å². The Morgan fingerprint density at radius 1 is 1.47 bits per heavy atom. The van der Waals surface area contributed by atoms with E-state index in [4.69, 9.17) is 15.3 Å². The minimum Gasteiger partial charge on any atom is -0.427 e. The number of carbonyl (C=O) groups excluding carboxylic acids is 1. The van der Waals surface area contributed by atoms with E-state index < -0.39 is 11.8 Å². The Bertz CT molecular complexity index is 484. The maximum Gasteiger partial charge on any atom is 0.528 e. The zero-order chi connectivity index (χ0) is 14.0. The summed E-state index contributed by atoms with van der Waals surface area (Å²) in [6.45, 7) is 6.36. The molecule has 0 saturated heterocycles. The van der Waals surface area contributed by atoms with Crippen LogP contribution < -0.4 is 5.73 Å². The number of nitrogen functional groups attached to an aromatic ring is 1. The predicted molar refractivity (Wildman–Crippen MR) is 67.9 cm³/mol. The SMILES string of the molecule is CC(C)(C)OC(=O)ON1CCc2nc(N)ncc2C1. The summed E-state index contributed by atoms with van der Waals surface area (Å²) in [7, 11) is 0. The van der Waals surface area contributed by atoms with E-state index in [0.717, 1.165) is 11.3 Å². The van der Waals surface area contributed by atoms with Gasteiger partial charge in [0.15, 0.2) is 0 Å². The highest BCUT2D eigenvalue weighted by Crippen LogP contribution is 2.18. The van der Waals surface area contributed by atoms with Gasteiger partial charge >= 0.3 is 6.16 Å². The van der Waals surface area contributed by atoms with Gasteiger partial charge in [-0.15, -0.1) is 5.06 Å². The van der Waals surface area contributed by atoms with Crippen molar-refractivity contribution in [2.75, 3.05) is 12.3 Å². The summed E-state index contributed by atoms with van der Waals surface area (Å²) in [5, 5.41) is 1.54. The van der Waals surface area contributed by atoms with Crippen LogP contribution in [-0.4, -0.2) is 33.3 Å². The molecule has 2 heterocycles. The molecule has 19 heavy (non-hydrogen) atoms. The van der Waals surface area contributed by atoms with Crippen LogP contribution in [0.4, 0.5) is 10.7 Å². The van der Waals surface area contributed by atoms with E-state index in [2.05, 4.69) is 9.97 Å². The average Bonchev–Trinajstić information content (AvgIpc) is 2.26. The fourth-order valence-electron chi connectivity index (χ4n) is 1.76. The maximum absolute atomic E-state index is 11.6. The zero-order valence-corrected chi connectivity index (χ0v) is 11.3. The van der Waals surface area contributed by atoms with Crippen LogP contribution in [0.3, 0.4) is 0 Å². The molecule has 0 spiro atoms. The van der Waals surface area contributed by atoms with Crippen LogP contribution in [0.15, 0.2) is 6.20 Å². The Kier molecular flexibility index (Phi) is 3.57. The average molecular weight is 266 g/mol. The third kappa shape index (κ3) is 3.78. The molecule has 0 unspecified atom stereocenters. The molecule has 1 aromatic heterocycles. The first-order chi connectivity index (χ1) is 8.83. The number of hydrogen-bond donors (Lipinski definition) is 1. The number of nitrogens with zero attached hydrogens (tertiary/aromatic N) is 3. The third-order valence-electron chi connectivity index (χ3n) is 2.51. The molecule has 0 saturated carbocycles. The zero-order valence-electron chi connectivity index (χ0n) is 11.3. The van der Waals surface area contributed by atoms with Crippen molar-refractivity contribution >= 4 is 12.1 Å². The summed E-state index contributed by atoms with van der Waals surface area (Å²) in [6, 6.07) is 0. The molecule has 0 aliphatic carbocycles. The largest absolute Gasteiger partial charge is 0.528 e. The molecule has 0 fully saturated rings. The van der Waals surface area contributed by atoms with Gasteiger partial charge in [0.1, 0.15) is 5.60 Å². The number of aromatic nitrogens is 2. The molecule has 2 rings (SSSR count). The number of hydroxylamine groups is 2. The smallest absolute Gasteiger partial charge is 0.427 e. The fourth-order valence-corrected chi connectivity index (χ4v) is 1.76. The molecule has 104 valence electrons. The van der Waals surface area contributed by atoms with Gasteiger partial charge in [-0.05, 0) is 20.8 Å². The molecule has 2 N–H and O–H groups in total. The Labute approximate surface area is 111 Å². The lowest BCUT2D eigenvalue weighted by Crippen LogP contribution is -2.36. The summed E-state index contributed by atoms with van der Waals surface area (Å²) >= 11 is 0. The second-order valence-electron chi connectivity index (χ2n) is 5.37. The number of fused-ring (bicyclic) bond motifs is 1. The highest BCUT2D eigenvalue weighted by molar-refractivity contribution is 5.60. The molecule has 0 radical (unpaired) electrons. The van der Waals surface area contributed by atoms with Gasteiger partial charge in [0, 0.05) is 24.7 Å². The van der Waals surface area contributed by atoms with E-state index in [1.165, 1.54) is 5.06 Å². The molecular weight excluding hydrogens is 248 g/mol. The molecule has 0 bridgehead atoms. The monoisotopic (exact) mass is 266 g/mol. The van der Waals surface area contributed by atoms with Gasteiger partial charge in [-0.25, -0.2) is 14.8 Å². The molecule has 0 aromatic carbocycles. The van der Waals surface area contributed by atoms with Crippen LogP contribution in [0, 0.1) is 0 Å². The van der Waals surface area contributed by atoms with Crippen molar-refractivity contribution in [3.8, 4) is 0 Å². The Hall–Kier alpha value is -1.89. The highest BCUT2D eigenvalue weighted by Gasteiger charge is 2.24. The van der Waals surface area contributed by atoms with Crippen molar-refractivity contribution < 1.29 is 14.4 Å². The molecule has 0 atom stereocenters. The molecule has 1 aliphatic heterocycles. The number of carbonyl (C=O) groups is 1. The van der Waals surface area contributed by atoms with Crippen molar-refractivity contribution in [1.29, 1.82) is 0 Å². The van der Waals surface area contributed by atoms with Crippen LogP contribution in [0.25, 0.3) is 0 Å². The van der Waals surface area contributed by atoms with Crippen molar-refractivity contribution in [2.45, 2.75) is 39.3 Å². The van der Waals surface area contributed by atoms with E-state index in [0.29, 0.717) is 19.5 Å². The van der Waals surface area contributed by atoms with Gasteiger partial charge < -0.3 is 15.3 Å². The maximum atomic E-state index is 11.6. The Morgan fingerprint density at radius 2 is 2.21 bits per heavy atom. The molecule has 1 aliphatic rings. The fraction of sp³-hybridized carbons (Fsp3) is 0.583. The van der Waals surface area contributed by atoms with Gasteiger partial charge in [0.25, 0.3) is 0 Å². The van der Waals surface area contributed by atoms with E-state index in [-0.39, 0.29) is 5.95 Å². The lowest BCUT2D eigenvalue weighted by molar-refractivity contribution is -0.151. The topological polar surface area (TPSA) is 90.6 Å². The van der Waals surface area contributed by atoms with Gasteiger partial charge in [0.05, 0.1) is 12.2 Å². The standard InChI is InChI=1S/C12H18N4O3/c1-12(2,3)18-11(17)19-16-5-4-9-8(7-16)6-14-10(13)15-9/h6H,4-5,7H2,1-3H3,(H2,13,14,15). The van der Waals surface area contributed by atoms with E-state index in [1.54, 1.807) is 27.0 Å².